The first kappa shape index (κ1) is 10.3. The fraction of sp³-hybridized carbons (Fsp3) is 0.0909. The van der Waals surface area contributed by atoms with E-state index < -0.39 is 0 Å². The second-order valence-electron chi connectivity index (χ2n) is 3.14. The lowest BCUT2D eigenvalue weighted by molar-refractivity contribution is 0.780. The molecule has 1 atom stereocenters. The molecule has 1 unspecified atom stereocenters. The molecule has 0 fully saturated rings. The average Bonchev–Trinajstić information content (AvgIpc) is 2.30. The fourth-order valence-electron chi connectivity index (χ4n) is 1.29. The third-order valence-corrected chi connectivity index (χ3v) is 2.62. The molecule has 2 aromatic rings. The van der Waals surface area contributed by atoms with Crippen molar-refractivity contribution in [1.29, 1.82) is 0 Å². The lowest BCUT2D eigenvalue weighted by Gasteiger charge is -2.09. The van der Waals surface area contributed by atoms with Crippen LogP contribution in [-0.2, 0) is 0 Å². The number of benzene rings is 1. The minimum Gasteiger partial charge on any atom is -0.318 e. The maximum absolute atomic E-state index is 6.03. The zero-order chi connectivity index (χ0) is 10.7. The van der Waals surface area contributed by atoms with Gasteiger partial charge < -0.3 is 5.73 Å². The van der Waals surface area contributed by atoms with Crippen molar-refractivity contribution in [3.8, 4) is 0 Å². The van der Waals surface area contributed by atoms with Gasteiger partial charge in [0.2, 0.25) is 0 Å². The summed E-state index contributed by atoms with van der Waals surface area (Å²) in [5.74, 6) is 0.639. The molecular weight excluding hydrogens is 254 g/mol. The first-order valence-corrected chi connectivity index (χ1v) is 5.34. The van der Waals surface area contributed by atoms with E-state index in [0.29, 0.717) is 5.82 Å². The molecule has 4 heteroatoms. The maximum atomic E-state index is 6.03. The van der Waals surface area contributed by atoms with Crippen LogP contribution >= 0.6 is 15.9 Å². The van der Waals surface area contributed by atoms with Gasteiger partial charge >= 0.3 is 0 Å². The van der Waals surface area contributed by atoms with Crippen molar-refractivity contribution < 1.29 is 0 Å². The van der Waals surface area contributed by atoms with Crippen molar-refractivity contribution in [2.45, 2.75) is 6.04 Å². The summed E-state index contributed by atoms with van der Waals surface area (Å²) in [4.78, 5) is 8.26. The van der Waals surface area contributed by atoms with Crippen molar-refractivity contribution in [1.82, 2.24) is 9.97 Å². The molecule has 0 aliphatic carbocycles. The monoisotopic (exact) mass is 263 g/mol. The first-order chi connectivity index (χ1) is 7.27. The highest BCUT2D eigenvalue weighted by molar-refractivity contribution is 9.10. The van der Waals surface area contributed by atoms with Gasteiger partial charge in [0.1, 0.15) is 5.82 Å². The zero-order valence-electron chi connectivity index (χ0n) is 7.97. The summed E-state index contributed by atoms with van der Waals surface area (Å²) < 4.78 is 1.03. The normalized spacial score (nSPS) is 12.4. The summed E-state index contributed by atoms with van der Waals surface area (Å²) in [6.07, 6.45) is 3.39. The van der Waals surface area contributed by atoms with Crippen LogP contribution in [0.2, 0.25) is 0 Å². The molecule has 1 aromatic carbocycles. The van der Waals surface area contributed by atoms with E-state index in [1.807, 2.05) is 24.3 Å². The minimum absolute atomic E-state index is 0.265. The van der Waals surface area contributed by atoms with Gasteiger partial charge in [-0.15, -0.1) is 0 Å². The number of nitrogens with zero attached hydrogens (tertiary/aromatic N) is 2. The third kappa shape index (κ3) is 2.40. The highest BCUT2D eigenvalue weighted by atomic mass is 79.9. The van der Waals surface area contributed by atoms with Crippen LogP contribution in [0.25, 0.3) is 0 Å². The third-order valence-electron chi connectivity index (χ3n) is 2.09. The van der Waals surface area contributed by atoms with E-state index in [1.165, 1.54) is 0 Å². The minimum atomic E-state index is -0.265. The molecular formula is C11H10BrN3. The topological polar surface area (TPSA) is 51.8 Å². The van der Waals surface area contributed by atoms with Gasteiger partial charge in [-0.05, 0) is 23.8 Å². The molecule has 0 aliphatic rings. The van der Waals surface area contributed by atoms with E-state index in [2.05, 4.69) is 25.9 Å². The van der Waals surface area contributed by atoms with Gasteiger partial charge in [0, 0.05) is 16.9 Å². The van der Waals surface area contributed by atoms with Crippen LogP contribution in [0.15, 0.2) is 47.2 Å². The summed E-state index contributed by atoms with van der Waals surface area (Å²) in [7, 11) is 0. The second kappa shape index (κ2) is 4.51. The number of hydrogen-bond donors (Lipinski definition) is 1. The first-order valence-electron chi connectivity index (χ1n) is 4.55. The molecule has 1 heterocycles. The molecule has 0 radical (unpaired) electrons. The Kier molecular flexibility index (Phi) is 3.08. The van der Waals surface area contributed by atoms with Gasteiger partial charge in [-0.1, -0.05) is 28.1 Å². The second-order valence-corrected chi connectivity index (χ2v) is 4.05. The molecule has 0 bridgehead atoms. The Balaban J connectivity index is 2.29. The van der Waals surface area contributed by atoms with Gasteiger partial charge in [-0.3, -0.25) is 0 Å². The average molecular weight is 264 g/mol. The SMILES string of the molecule is NC(c1ccc(Br)cc1)c1ncccn1. The lowest BCUT2D eigenvalue weighted by atomic mass is 10.1. The molecule has 76 valence electrons. The number of rotatable bonds is 2. The van der Waals surface area contributed by atoms with Crippen LogP contribution in [0.3, 0.4) is 0 Å². The Labute approximate surface area is 96.5 Å². The van der Waals surface area contributed by atoms with Crippen LogP contribution in [0.1, 0.15) is 17.4 Å². The number of hydrogen-bond acceptors (Lipinski definition) is 3. The van der Waals surface area contributed by atoms with Crippen LogP contribution < -0.4 is 5.73 Å². The van der Waals surface area contributed by atoms with Crippen molar-refractivity contribution >= 4 is 15.9 Å². The Morgan fingerprint density at radius 1 is 1.07 bits per heavy atom. The van der Waals surface area contributed by atoms with E-state index in [4.69, 9.17) is 5.73 Å². The molecule has 1 aromatic heterocycles. The highest BCUT2D eigenvalue weighted by Gasteiger charge is 2.10. The fourth-order valence-corrected chi connectivity index (χ4v) is 1.55. The Morgan fingerprint density at radius 2 is 1.67 bits per heavy atom. The van der Waals surface area contributed by atoms with Crippen molar-refractivity contribution in [2.75, 3.05) is 0 Å². The van der Waals surface area contributed by atoms with Crippen molar-refractivity contribution in [3.63, 3.8) is 0 Å². The molecule has 0 amide bonds. The summed E-state index contributed by atoms with van der Waals surface area (Å²) in [5, 5.41) is 0. The molecule has 2 rings (SSSR count). The molecule has 2 N–H and O–H groups in total. The van der Waals surface area contributed by atoms with Gasteiger partial charge in [0.25, 0.3) is 0 Å². The van der Waals surface area contributed by atoms with Gasteiger partial charge in [0.05, 0.1) is 6.04 Å². The molecule has 0 aliphatic heterocycles. The quantitative estimate of drug-likeness (QED) is 0.905. The van der Waals surface area contributed by atoms with Crippen molar-refractivity contribution in [3.05, 3.63) is 58.6 Å². The zero-order valence-corrected chi connectivity index (χ0v) is 9.55. The standard InChI is InChI=1S/C11H10BrN3/c12-9-4-2-8(3-5-9)10(13)11-14-6-1-7-15-11/h1-7,10H,13H2. The summed E-state index contributed by atoms with van der Waals surface area (Å²) >= 11 is 3.38. The van der Waals surface area contributed by atoms with Gasteiger partial charge in [0.15, 0.2) is 0 Å². The van der Waals surface area contributed by atoms with Crippen LogP contribution in [-0.4, -0.2) is 9.97 Å². The molecule has 15 heavy (non-hydrogen) atoms. The summed E-state index contributed by atoms with van der Waals surface area (Å²) in [6, 6.07) is 9.35. The van der Waals surface area contributed by atoms with E-state index in [0.717, 1.165) is 10.0 Å². The smallest absolute Gasteiger partial charge is 0.149 e. The molecule has 0 saturated carbocycles. The van der Waals surface area contributed by atoms with Crippen molar-refractivity contribution in [2.24, 2.45) is 5.73 Å². The molecule has 0 spiro atoms. The Morgan fingerprint density at radius 3 is 2.27 bits per heavy atom. The lowest BCUT2D eigenvalue weighted by Crippen LogP contribution is -2.14. The molecule has 3 nitrogen and oxygen atoms in total. The predicted octanol–water partition coefficient (Wildman–Crippen LogP) is 2.29. The summed E-state index contributed by atoms with van der Waals surface area (Å²) in [6.45, 7) is 0. The number of aromatic nitrogens is 2. The Bertz CT molecular complexity index is 427. The number of halogens is 1. The predicted molar refractivity (Wildman–Crippen MR) is 62.2 cm³/mol. The van der Waals surface area contributed by atoms with Crippen LogP contribution in [0.5, 0.6) is 0 Å². The summed E-state index contributed by atoms with van der Waals surface area (Å²) in [5.41, 5.74) is 7.03. The van der Waals surface area contributed by atoms with E-state index >= 15 is 0 Å². The largest absolute Gasteiger partial charge is 0.318 e. The van der Waals surface area contributed by atoms with E-state index in [-0.39, 0.29) is 6.04 Å². The van der Waals surface area contributed by atoms with E-state index in [9.17, 15) is 0 Å². The maximum Gasteiger partial charge on any atom is 0.149 e. The van der Waals surface area contributed by atoms with Crippen LogP contribution in [0.4, 0.5) is 0 Å². The van der Waals surface area contributed by atoms with Crippen LogP contribution in [0, 0.1) is 0 Å². The Hall–Kier alpha value is -1.26. The number of nitrogens with two attached hydrogens (primary N) is 1. The van der Waals surface area contributed by atoms with Gasteiger partial charge in [-0.25, -0.2) is 9.97 Å². The van der Waals surface area contributed by atoms with Gasteiger partial charge in [-0.2, -0.15) is 0 Å². The van der Waals surface area contributed by atoms with E-state index in [1.54, 1.807) is 18.5 Å². The highest BCUT2D eigenvalue weighted by Crippen LogP contribution is 2.18. The molecule has 0 saturated heterocycles.